The Hall–Kier alpha value is -4.40. The zero-order chi connectivity index (χ0) is 30.0. The van der Waals surface area contributed by atoms with Crippen LogP contribution in [0.5, 0.6) is 0 Å². The van der Waals surface area contributed by atoms with E-state index in [0.29, 0.717) is 36.4 Å². The zero-order valence-corrected chi connectivity index (χ0v) is 25.0. The molecule has 1 aliphatic heterocycles. The molecule has 4 aromatic rings. The molecular weight excluding hydrogens is 528 g/mol. The Morgan fingerprint density at radius 1 is 1.02 bits per heavy atom. The largest absolute Gasteiger partial charge is 0.354 e. The van der Waals surface area contributed by atoms with Gasteiger partial charge in [0.1, 0.15) is 24.1 Å². The molecule has 1 N–H and O–H groups in total. The number of aromatic nitrogens is 4. The van der Waals surface area contributed by atoms with Gasteiger partial charge in [-0.1, -0.05) is 44.2 Å². The van der Waals surface area contributed by atoms with Crippen LogP contribution in [0, 0.1) is 19.3 Å². The molecule has 0 saturated carbocycles. The minimum atomic E-state index is -0.549. The maximum absolute atomic E-state index is 13.8. The molecule has 1 atom stereocenters. The summed E-state index contributed by atoms with van der Waals surface area (Å²) in [4.78, 5) is 49.9. The summed E-state index contributed by atoms with van der Waals surface area (Å²) in [6, 6.07) is 13.5. The number of rotatable bonds is 9. The van der Waals surface area contributed by atoms with Gasteiger partial charge in [0.15, 0.2) is 5.78 Å². The van der Waals surface area contributed by atoms with Crippen LogP contribution < -0.4 is 5.32 Å². The maximum Gasteiger partial charge on any atom is 0.245 e. The van der Waals surface area contributed by atoms with E-state index in [1.54, 1.807) is 22.0 Å². The zero-order valence-electron chi connectivity index (χ0n) is 25.0. The molecule has 0 unspecified atom stereocenters. The predicted molar refractivity (Wildman–Crippen MR) is 162 cm³/mol. The molecule has 3 heterocycles. The number of benzene rings is 2. The van der Waals surface area contributed by atoms with Crippen molar-refractivity contribution in [2.75, 3.05) is 13.1 Å². The Morgan fingerprint density at radius 2 is 1.74 bits per heavy atom. The summed E-state index contributed by atoms with van der Waals surface area (Å²) < 4.78 is 1.61. The van der Waals surface area contributed by atoms with Crippen molar-refractivity contribution in [1.82, 2.24) is 30.0 Å². The molecule has 9 heteroatoms. The van der Waals surface area contributed by atoms with Crippen LogP contribution in [0.15, 0.2) is 54.9 Å². The van der Waals surface area contributed by atoms with Crippen LogP contribution in [0.2, 0.25) is 0 Å². The maximum atomic E-state index is 13.8. The second-order valence-electron chi connectivity index (χ2n) is 12.1. The lowest BCUT2D eigenvalue weighted by Gasteiger charge is -2.24. The second kappa shape index (κ2) is 11.8. The third kappa shape index (κ3) is 6.25. The van der Waals surface area contributed by atoms with Crippen molar-refractivity contribution in [3.63, 3.8) is 0 Å². The first-order chi connectivity index (χ1) is 20.0. The number of nitrogens with one attached hydrogen (secondary N) is 1. The van der Waals surface area contributed by atoms with Crippen LogP contribution in [0.3, 0.4) is 0 Å². The van der Waals surface area contributed by atoms with Crippen LogP contribution in [0.25, 0.3) is 22.0 Å². The molecule has 218 valence electrons. The number of carbonyl (C=O) groups excluding carboxylic acids is 3. The van der Waals surface area contributed by atoms with Crippen LogP contribution in [-0.4, -0.2) is 61.4 Å². The number of aryl methyl sites for hydroxylation is 3. The normalized spacial score (nSPS) is 16.1. The van der Waals surface area contributed by atoms with Crippen LogP contribution in [-0.2, 0) is 22.6 Å². The van der Waals surface area contributed by atoms with Gasteiger partial charge in [-0.25, -0.2) is 9.97 Å². The molecule has 42 heavy (non-hydrogen) atoms. The van der Waals surface area contributed by atoms with E-state index in [1.165, 1.54) is 12.5 Å². The van der Waals surface area contributed by atoms with Crippen LogP contribution >= 0.6 is 0 Å². The fourth-order valence-electron chi connectivity index (χ4n) is 5.86. The average molecular weight is 567 g/mol. The van der Waals surface area contributed by atoms with Crippen molar-refractivity contribution in [3.05, 3.63) is 77.5 Å². The highest BCUT2D eigenvalue weighted by Gasteiger charge is 2.43. The molecule has 0 bridgehead atoms. The summed E-state index contributed by atoms with van der Waals surface area (Å²) in [5, 5.41) is 8.33. The van der Waals surface area contributed by atoms with Gasteiger partial charge in [0, 0.05) is 43.4 Å². The third-order valence-corrected chi connectivity index (χ3v) is 7.90. The van der Waals surface area contributed by atoms with E-state index >= 15 is 0 Å². The average Bonchev–Trinajstić information content (AvgIpc) is 3.49. The molecule has 0 radical (unpaired) electrons. The Labute approximate surface area is 246 Å². The van der Waals surface area contributed by atoms with E-state index in [1.807, 2.05) is 44.2 Å². The lowest BCUT2D eigenvalue weighted by atomic mass is 9.90. The van der Waals surface area contributed by atoms with Crippen molar-refractivity contribution in [2.45, 2.75) is 66.5 Å². The van der Waals surface area contributed by atoms with Gasteiger partial charge < -0.3 is 10.2 Å². The first-order valence-electron chi connectivity index (χ1n) is 14.4. The van der Waals surface area contributed by atoms with Gasteiger partial charge in [-0.15, -0.1) is 0 Å². The summed E-state index contributed by atoms with van der Waals surface area (Å²) in [5.41, 5.74) is 4.66. The number of ketones is 1. The summed E-state index contributed by atoms with van der Waals surface area (Å²) in [5.74, 6) is 0.173. The molecule has 2 aromatic heterocycles. The van der Waals surface area contributed by atoms with E-state index in [-0.39, 0.29) is 29.6 Å². The first-order valence-corrected chi connectivity index (χ1v) is 14.4. The van der Waals surface area contributed by atoms with Crippen molar-refractivity contribution in [1.29, 1.82) is 0 Å². The fraction of sp³-hybridized carbons (Fsp3) is 0.394. The molecule has 9 nitrogen and oxygen atoms in total. The molecule has 1 aliphatic rings. The molecule has 1 fully saturated rings. The minimum Gasteiger partial charge on any atom is -0.354 e. The lowest BCUT2D eigenvalue weighted by molar-refractivity contribution is -0.139. The molecule has 5 rings (SSSR count). The molecule has 2 aromatic carbocycles. The second-order valence-corrected chi connectivity index (χ2v) is 12.1. The number of fused-ring (bicyclic) bond motifs is 1. The first kappa shape index (κ1) is 29.1. The number of carbonyl (C=O) groups is 3. The van der Waals surface area contributed by atoms with Crippen LogP contribution in [0.1, 0.15) is 61.1 Å². The van der Waals surface area contributed by atoms with E-state index in [9.17, 15) is 14.4 Å². The highest BCUT2D eigenvalue weighted by molar-refractivity contribution is 6.07. The van der Waals surface area contributed by atoms with Gasteiger partial charge in [-0.3, -0.25) is 19.1 Å². The topological polar surface area (TPSA) is 110 Å². The Kier molecular flexibility index (Phi) is 8.20. The number of hydrogen-bond donors (Lipinski definition) is 1. The number of amides is 2. The molecule has 2 amide bonds. The Bertz CT molecular complexity index is 1630. The minimum absolute atomic E-state index is 0.0640. The summed E-state index contributed by atoms with van der Waals surface area (Å²) in [6.07, 6.45) is 5.80. The Balaban J connectivity index is 1.35. The molecule has 0 spiro atoms. The van der Waals surface area contributed by atoms with Gasteiger partial charge in [-0.2, -0.15) is 5.10 Å². The van der Waals surface area contributed by atoms with Crippen molar-refractivity contribution >= 4 is 28.5 Å². The fourth-order valence-corrected chi connectivity index (χ4v) is 5.86. The van der Waals surface area contributed by atoms with Crippen molar-refractivity contribution in [2.24, 2.45) is 5.41 Å². The number of Topliss-reactive ketones (excluding diaryl/α,β-unsaturated/α-hetero) is 1. The lowest BCUT2D eigenvalue weighted by Crippen LogP contribution is -2.47. The van der Waals surface area contributed by atoms with Gasteiger partial charge in [0.25, 0.3) is 0 Å². The molecule has 1 saturated heterocycles. The van der Waals surface area contributed by atoms with Gasteiger partial charge >= 0.3 is 0 Å². The van der Waals surface area contributed by atoms with Crippen LogP contribution in [0.4, 0.5) is 0 Å². The van der Waals surface area contributed by atoms with Gasteiger partial charge in [0.05, 0.1) is 5.52 Å². The Morgan fingerprint density at radius 3 is 2.43 bits per heavy atom. The third-order valence-electron chi connectivity index (χ3n) is 7.90. The van der Waals surface area contributed by atoms with Gasteiger partial charge in [0.2, 0.25) is 11.8 Å². The van der Waals surface area contributed by atoms with Crippen molar-refractivity contribution in [3.8, 4) is 11.1 Å². The van der Waals surface area contributed by atoms with E-state index in [0.717, 1.165) is 35.0 Å². The predicted octanol–water partition coefficient (Wildman–Crippen LogP) is 4.69. The highest BCUT2D eigenvalue weighted by atomic mass is 16.2. The highest BCUT2D eigenvalue weighted by Crippen LogP contribution is 2.35. The van der Waals surface area contributed by atoms with E-state index < -0.39 is 6.04 Å². The number of hydrogen-bond acceptors (Lipinski definition) is 6. The van der Waals surface area contributed by atoms with E-state index in [4.69, 9.17) is 0 Å². The quantitative estimate of drug-likeness (QED) is 0.233. The SMILES string of the molecule is CC(=O)c1nn(CC(=O)N2CC(C)(C)C[C@H]2C(=O)NCCCc2ccccc2)c2c(C)cc(-c3cnc(C)nc3)cc12. The van der Waals surface area contributed by atoms with E-state index in [2.05, 4.69) is 46.4 Å². The molecule has 0 aliphatic carbocycles. The number of nitrogens with zero attached hydrogens (tertiary/aromatic N) is 5. The summed E-state index contributed by atoms with van der Waals surface area (Å²) in [6.45, 7) is 10.4. The summed E-state index contributed by atoms with van der Waals surface area (Å²) in [7, 11) is 0. The monoisotopic (exact) mass is 566 g/mol. The summed E-state index contributed by atoms with van der Waals surface area (Å²) >= 11 is 0. The smallest absolute Gasteiger partial charge is 0.245 e. The standard InChI is InChI=1S/C33H38N6O3/c1-21-14-25(26-17-35-23(3)36-18-26)15-27-30(22(2)40)37-39(31(21)27)19-29(41)38-20-33(4,5)16-28(38)32(42)34-13-9-12-24-10-7-6-8-11-24/h6-8,10-11,14-15,17-18,28H,9,12-13,16,19-20H2,1-5H3,(H,34,42)/t28-/m0/s1. The molecular formula is C33H38N6O3. The van der Waals surface area contributed by atoms with Gasteiger partial charge in [-0.05, 0) is 67.3 Å². The number of likely N-dealkylation sites (tertiary alicyclic amines) is 1. The van der Waals surface area contributed by atoms with Crippen molar-refractivity contribution < 1.29 is 14.4 Å².